The summed E-state index contributed by atoms with van der Waals surface area (Å²) >= 11 is 0. The summed E-state index contributed by atoms with van der Waals surface area (Å²) in [5.74, 6) is -1.50. The second-order valence-electron chi connectivity index (χ2n) is 7.26. The second-order valence-corrected chi connectivity index (χ2v) is 7.26. The minimum absolute atomic E-state index is 0.279. The number of carbonyl (C=O) groups is 2. The lowest BCUT2D eigenvalue weighted by molar-refractivity contribution is 0.0708. The van der Waals surface area contributed by atoms with Crippen LogP contribution in [0, 0.1) is 28.4 Å². The van der Waals surface area contributed by atoms with Crippen molar-refractivity contribution < 1.29 is 18.4 Å². The van der Waals surface area contributed by atoms with Crippen molar-refractivity contribution in [1.82, 2.24) is 10.6 Å². The van der Waals surface area contributed by atoms with Crippen LogP contribution >= 0.6 is 0 Å². The molecule has 2 N–H and O–H groups in total. The van der Waals surface area contributed by atoms with Gasteiger partial charge in [-0.15, -0.1) is 0 Å². The zero-order valence-electron chi connectivity index (χ0n) is 16.2. The Morgan fingerprint density at radius 2 is 1.26 bits per heavy atom. The van der Waals surface area contributed by atoms with Gasteiger partial charge in [-0.2, -0.15) is 5.26 Å². The smallest absolute Gasteiger partial charge is 0.315 e. The van der Waals surface area contributed by atoms with Gasteiger partial charge in [0.15, 0.2) is 11.2 Å². The lowest BCUT2D eigenvalue weighted by atomic mass is 9.65. The first-order valence-corrected chi connectivity index (χ1v) is 9.55. The number of nitrogens with zero attached hydrogens (tertiary/aromatic N) is 1. The Bertz CT molecular complexity index is 1100. The Labute approximate surface area is 177 Å². The third-order valence-corrected chi connectivity index (χ3v) is 5.46. The first kappa shape index (κ1) is 20.2. The monoisotopic (exact) mass is 417 g/mol. The zero-order chi connectivity index (χ0) is 22.0. The number of Topliss-reactive ketones (excluding diaryl/α,β-unsaturated/α-hetero) is 1. The summed E-state index contributed by atoms with van der Waals surface area (Å²) in [6.45, 7) is 0. The van der Waals surface area contributed by atoms with Crippen LogP contribution in [0.1, 0.15) is 33.6 Å². The molecule has 0 spiro atoms. The van der Waals surface area contributed by atoms with Gasteiger partial charge in [-0.3, -0.25) is 4.79 Å². The molecule has 1 heterocycles. The quantitative estimate of drug-likeness (QED) is 0.615. The summed E-state index contributed by atoms with van der Waals surface area (Å²) in [5, 5.41) is 15.8. The standard InChI is InChI=1S/C24H17F2N3O2/c25-18-10-6-15(7-11-18)20-24(14-27,22(30)17-4-2-1-3-5-17)21(29-23(31)28-20)16-8-12-19(26)13-9-16/h1-13,20-21H,(H2,28,29,31)/t20-,21-/m1/s1. The molecule has 3 aromatic carbocycles. The molecule has 31 heavy (non-hydrogen) atoms. The molecule has 0 aromatic heterocycles. The largest absolute Gasteiger partial charge is 0.329 e. The first-order chi connectivity index (χ1) is 15.0. The summed E-state index contributed by atoms with van der Waals surface area (Å²) in [6, 6.07) is 18.2. The number of rotatable bonds is 4. The number of hydrogen-bond donors (Lipinski definition) is 2. The maximum atomic E-state index is 13.8. The topological polar surface area (TPSA) is 82.0 Å². The van der Waals surface area contributed by atoms with Gasteiger partial charge in [0.2, 0.25) is 0 Å². The van der Waals surface area contributed by atoms with E-state index in [9.17, 15) is 23.6 Å². The van der Waals surface area contributed by atoms with E-state index in [0.29, 0.717) is 11.1 Å². The van der Waals surface area contributed by atoms with Gasteiger partial charge in [0.25, 0.3) is 0 Å². The second kappa shape index (κ2) is 8.00. The number of ketones is 1. The molecule has 4 rings (SSSR count). The van der Waals surface area contributed by atoms with E-state index >= 15 is 0 Å². The number of benzene rings is 3. The van der Waals surface area contributed by atoms with Crippen molar-refractivity contribution in [2.45, 2.75) is 12.1 Å². The molecule has 2 amide bonds. The molecule has 5 nitrogen and oxygen atoms in total. The fourth-order valence-corrected chi connectivity index (χ4v) is 3.97. The Kier molecular flexibility index (Phi) is 5.22. The maximum Gasteiger partial charge on any atom is 0.315 e. The van der Waals surface area contributed by atoms with Gasteiger partial charge in [0.05, 0.1) is 18.2 Å². The predicted octanol–water partition coefficient (Wildman–Crippen LogP) is 4.45. The van der Waals surface area contributed by atoms with Gasteiger partial charge in [-0.1, -0.05) is 54.6 Å². The van der Waals surface area contributed by atoms with Crippen LogP contribution in [0.3, 0.4) is 0 Å². The van der Waals surface area contributed by atoms with E-state index in [-0.39, 0.29) is 5.56 Å². The summed E-state index contributed by atoms with van der Waals surface area (Å²) in [6.07, 6.45) is 0. The molecule has 1 saturated heterocycles. The molecular formula is C24H17F2N3O2. The molecule has 1 aliphatic heterocycles. The Hall–Kier alpha value is -4.05. The molecule has 1 fully saturated rings. The molecule has 154 valence electrons. The molecule has 0 unspecified atom stereocenters. The van der Waals surface area contributed by atoms with Crippen LogP contribution in [0.2, 0.25) is 0 Å². The van der Waals surface area contributed by atoms with E-state index in [0.717, 1.165) is 0 Å². The summed E-state index contributed by atoms with van der Waals surface area (Å²) in [5.41, 5.74) is -0.755. The number of nitrogens with one attached hydrogen (secondary N) is 2. The lowest BCUT2D eigenvalue weighted by Crippen LogP contribution is -2.60. The molecule has 0 radical (unpaired) electrons. The van der Waals surface area contributed by atoms with Crippen molar-refractivity contribution >= 4 is 11.8 Å². The highest BCUT2D eigenvalue weighted by molar-refractivity contribution is 6.05. The number of halogens is 2. The number of urea groups is 1. The molecule has 1 aliphatic rings. The third-order valence-electron chi connectivity index (χ3n) is 5.46. The van der Waals surface area contributed by atoms with Crippen molar-refractivity contribution in [3.05, 3.63) is 107 Å². The molecule has 0 bridgehead atoms. The summed E-state index contributed by atoms with van der Waals surface area (Å²) < 4.78 is 27.1. The molecular weight excluding hydrogens is 400 g/mol. The van der Waals surface area contributed by atoms with E-state index in [4.69, 9.17) is 0 Å². The fraction of sp³-hybridized carbons (Fsp3) is 0.125. The normalized spacial score (nSPS) is 19.6. The highest BCUT2D eigenvalue weighted by atomic mass is 19.1. The van der Waals surface area contributed by atoms with Crippen molar-refractivity contribution in [3.8, 4) is 6.07 Å². The minimum Gasteiger partial charge on any atom is -0.329 e. The molecule has 0 aliphatic carbocycles. The minimum atomic E-state index is -1.83. The van der Waals surface area contributed by atoms with Crippen molar-refractivity contribution in [2.75, 3.05) is 0 Å². The average molecular weight is 417 g/mol. The Morgan fingerprint density at radius 3 is 1.68 bits per heavy atom. The molecule has 0 saturated carbocycles. The van der Waals surface area contributed by atoms with Gasteiger partial charge in [-0.05, 0) is 35.4 Å². The van der Waals surface area contributed by atoms with Crippen molar-refractivity contribution in [2.24, 2.45) is 5.41 Å². The van der Waals surface area contributed by atoms with Crippen LogP contribution in [0.5, 0.6) is 0 Å². The number of nitriles is 1. The van der Waals surface area contributed by atoms with E-state index in [1.54, 1.807) is 30.3 Å². The van der Waals surface area contributed by atoms with E-state index in [2.05, 4.69) is 16.7 Å². The van der Waals surface area contributed by atoms with Crippen LogP contribution < -0.4 is 10.6 Å². The van der Waals surface area contributed by atoms with Gasteiger partial charge in [0.1, 0.15) is 11.6 Å². The first-order valence-electron chi connectivity index (χ1n) is 9.55. The molecule has 2 atom stereocenters. The van der Waals surface area contributed by atoms with Gasteiger partial charge in [-0.25, -0.2) is 13.6 Å². The van der Waals surface area contributed by atoms with Crippen LogP contribution in [0.25, 0.3) is 0 Å². The summed E-state index contributed by atoms with van der Waals surface area (Å²) in [7, 11) is 0. The molecule has 3 aromatic rings. The average Bonchev–Trinajstić information content (AvgIpc) is 2.80. The SMILES string of the molecule is N#CC1(C(=O)c2ccccc2)[C@@H](c2ccc(F)cc2)NC(=O)N[C@@H]1c1ccc(F)cc1. The van der Waals surface area contributed by atoms with Gasteiger partial charge >= 0.3 is 6.03 Å². The number of amides is 2. The van der Waals surface area contributed by atoms with Crippen LogP contribution in [0.15, 0.2) is 78.9 Å². The molecule has 7 heteroatoms. The highest BCUT2D eigenvalue weighted by Crippen LogP contribution is 2.48. The van der Waals surface area contributed by atoms with Gasteiger partial charge in [0, 0.05) is 5.56 Å². The predicted molar refractivity (Wildman–Crippen MR) is 109 cm³/mol. The summed E-state index contributed by atoms with van der Waals surface area (Å²) in [4.78, 5) is 26.3. The van der Waals surface area contributed by atoms with Crippen LogP contribution in [0.4, 0.5) is 13.6 Å². The zero-order valence-corrected chi connectivity index (χ0v) is 16.2. The van der Waals surface area contributed by atoms with E-state index < -0.39 is 40.9 Å². The Balaban J connectivity index is 1.95. The van der Waals surface area contributed by atoms with E-state index in [1.165, 1.54) is 48.5 Å². The van der Waals surface area contributed by atoms with Gasteiger partial charge < -0.3 is 10.6 Å². The number of hydrogen-bond acceptors (Lipinski definition) is 3. The highest BCUT2D eigenvalue weighted by Gasteiger charge is 2.57. The van der Waals surface area contributed by atoms with Crippen LogP contribution in [-0.2, 0) is 0 Å². The Morgan fingerprint density at radius 1 is 0.806 bits per heavy atom. The van der Waals surface area contributed by atoms with Crippen molar-refractivity contribution in [3.63, 3.8) is 0 Å². The maximum absolute atomic E-state index is 13.8. The lowest BCUT2D eigenvalue weighted by Gasteiger charge is -2.44. The van der Waals surface area contributed by atoms with Crippen molar-refractivity contribution in [1.29, 1.82) is 5.26 Å². The van der Waals surface area contributed by atoms with E-state index in [1.807, 2.05) is 0 Å². The number of carbonyl (C=O) groups excluding carboxylic acids is 2. The fourth-order valence-electron chi connectivity index (χ4n) is 3.97. The third kappa shape index (κ3) is 3.53. The van der Waals surface area contributed by atoms with Crippen LogP contribution in [-0.4, -0.2) is 11.8 Å².